The van der Waals surface area contributed by atoms with Crippen molar-refractivity contribution >= 4 is 17.4 Å². The summed E-state index contributed by atoms with van der Waals surface area (Å²) in [7, 11) is 0. The molecular weight excluding hydrogens is 313 g/mol. The Bertz CT molecular complexity index is 582. The van der Waals surface area contributed by atoms with E-state index in [0.29, 0.717) is 50.8 Å². The molecule has 0 aromatic heterocycles. The van der Waals surface area contributed by atoms with Crippen molar-refractivity contribution in [1.82, 2.24) is 4.90 Å². The number of benzene rings is 1. The van der Waals surface area contributed by atoms with E-state index in [1.165, 1.54) is 6.07 Å². The molecule has 2 aliphatic rings. The highest BCUT2D eigenvalue weighted by Crippen LogP contribution is 2.26. The normalized spacial score (nSPS) is 24.8. The summed E-state index contributed by atoms with van der Waals surface area (Å²) in [4.78, 5) is 15.8. The molecule has 0 unspecified atom stereocenters. The lowest BCUT2D eigenvalue weighted by atomic mass is 10.2. The van der Waals surface area contributed by atoms with Gasteiger partial charge in [0, 0.05) is 31.9 Å². The monoisotopic (exact) mass is 337 g/mol. The van der Waals surface area contributed by atoms with Crippen LogP contribution < -0.4 is 10.2 Å². The Morgan fingerprint density at radius 3 is 2.50 bits per heavy atom. The standard InChI is InChI=1S/C17H24FN3O3/c1-12-10-21(11-13(2)24-12)16-4-3-14(9-15(16)18)19-17(22)20-5-7-23-8-6-20/h3-4,9,12-13H,5-8,10-11H2,1-2H3,(H,19,22)/t12-,13-/m0/s1. The van der Waals surface area contributed by atoms with Crippen molar-refractivity contribution < 1.29 is 18.7 Å². The molecular formula is C17H24FN3O3. The molecule has 2 saturated heterocycles. The highest BCUT2D eigenvalue weighted by Gasteiger charge is 2.24. The van der Waals surface area contributed by atoms with Crippen LogP contribution in [-0.4, -0.2) is 62.5 Å². The first-order chi connectivity index (χ1) is 11.5. The molecule has 3 rings (SSSR count). The Hall–Kier alpha value is -1.86. The van der Waals surface area contributed by atoms with Gasteiger partial charge in [0.1, 0.15) is 5.82 Å². The predicted molar refractivity (Wildman–Crippen MR) is 90.0 cm³/mol. The van der Waals surface area contributed by atoms with Crippen molar-refractivity contribution in [2.45, 2.75) is 26.1 Å². The van der Waals surface area contributed by atoms with Gasteiger partial charge in [-0.1, -0.05) is 0 Å². The van der Waals surface area contributed by atoms with Crippen LogP contribution in [-0.2, 0) is 9.47 Å². The van der Waals surface area contributed by atoms with Crippen molar-refractivity contribution in [1.29, 1.82) is 0 Å². The van der Waals surface area contributed by atoms with E-state index in [0.717, 1.165) is 0 Å². The van der Waals surface area contributed by atoms with Crippen molar-refractivity contribution in [3.63, 3.8) is 0 Å². The molecule has 1 aromatic carbocycles. The fourth-order valence-corrected chi connectivity index (χ4v) is 3.18. The van der Waals surface area contributed by atoms with Crippen LogP contribution >= 0.6 is 0 Å². The lowest BCUT2D eigenvalue weighted by molar-refractivity contribution is -0.00539. The first-order valence-corrected chi connectivity index (χ1v) is 8.36. The average molecular weight is 337 g/mol. The second kappa shape index (κ2) is 7.36. The van der Waals surface area contributed by atoms with Gasteiger partial charge in [-0.05, 0) is 32.0 Å². The van der Waals surface area contributed by atoms with Gasteiger partial charge in [0.15, 0.2) is 0 Å². The molecule has 1 aromatic rings. The Kier molecular flexibility index (Phi) is 5.20. The van der Waals surface area contributed by atoms with E-state index >= 15 is 0 Å². The van der Waals surface area contributed by atoms with E-state index in [1.54, 1.807) is 17.0 Å². The molecule has 6 nitrogen and oxygen atoms in total. The molecule has 1 N–H and O–H groups in total. The maximum atomic E-state index is 14.5. The Labute approximate surface area is 141 Å². The Morgan fingerprint density at radius 1 is 1.21 bits per heavy atom. The highest BCUT2D eigenvalue weighted by molar-refractivity contribution is 5.89. The van der Waals surface area contributed by atoms with Crippen LogP contribution in [0.2, 0.25) is 0 Å². The van der Waals surface area contributed by atoms with E-state index in [1.807, 2.05) is 18.7 Å². The molecule has 7 heteroatoms. The summed E-state index contributed by atoms with van der Waals surface area (Å²) in [5.74, 6) is -0.337. The van der Waals surface area contributed by atoms with E-state index < -0.39 is 0 Å². The molecule has 0 saturated carbocycles. The summed E-state index contributed by atoms with van der Waals surface area (Å²) >= 11 is 0. The molecule has 0 bridgehead atoms. The van der Waals surface area contributed by atoms with Gasteiger partial charge in [0.2, 0.25) is 0 Å². The average Bonchev–Trinajstić information content (AvgIpc) is 2.55. The number of rotatable bonds is 2. The molecule has 0 radical (unpaired) electrons. The summed E-state index contributed by atoms with van der Waals surface area (Å²) in [6, 6.07) is 4.61. The van der Waals surface area contributed by atoms with Crippen LogP contribution in [0.3, 0.4) is 0 Å². The van der Waals surface area contributed by atoms with Gasteiger partial charge in [0.05, 0.1) is 31.1 Å². The number of hydrogen-bond acceptors (Lipinski definition) is 4. The minimum absolute atomic E-state index is 0.0637. The van der Waals surface area contributed by atoms with Gasteiger partial charge in [-0.25, -0.2) is 9.18 Å². The largest absolute Gasteiger partial charge is 0.378 e. The first kappa shape index (κ1) is 17.0. The van der Waals surface area contributed by atoms with Gasteiger partial charge in [-0.3, -0.25) is 0 Å². The van der Waals surface area contributed by atoms with Crippen molar-refractivity contribution in [2.75, 3.05) is 49.6 Å². The fraction of sp³-hybridized carbons (Fsp3) is 0.588. The molecule has 132 valence electrons. The number of nitrogens with zero attached hydrogens (tertiary/aromatic N) is 2. The van der Waals surface area contributed by atoms with Crippen LogP contribution in [0.5, 0.6) is 0 Å². The van der Waals surface area contributed by atoms with Crippen molar-refractivity contribution in [2.24, 2.45) is 0 Å². The number of ether oxygens (including phenoxy) is 2. The van der Waals surface area contributed by atoms with Crippen LogP contribution in [0, 0.1) is 5.82 Å². The Morgan fingerprint density at radius 2 is 1.88 bits per heavy atom. The molecule has 2 atom stereocenters. The number of morpholine rings is 2. The molecule has 2 fully saturated rings. The lowest BCUT2D eigenvalue weighted by Crippen LogP contribution is -2.45. The number of hydrogen-bond donors (Lipinski definition) is 1. The molecule has 2 heterocycles. The number of anilines is 2. The van der Waals surface area contributed by atoms with Crippen molar-refractivity contribution in [3.8, 4) is 0 Å². The zero-order valence-electron chi connectivity index (χ0n) is 14.1. The van der Waals surface area contributed by atoms with E-state index in [9.17, 15) is 9.18 Å². The number of halogens is 1. The SMILES string of the molecule is C[C@H]1CN(c2ccc(NC(=O)N3CCOCC3)cc2F)C[C@H](C)O1. The van der Waals surface area contributed by atoms with Crippen LogP contribution in [0.4, 0.5) is 20.6 Å². The maximum absolute atomic E-state index is 14.5. The van der Waals surface area contributed by atoms with Gasteiger partial charge >= 0.3 is 6.03 Å². The topological polar surface area (TPSA) is 54.0 Å². The molecule has 2 amide bonds. The van der Waals surface area contributed by atoms with E-state index in [2.05, 4.69) is 5.32 Å². The molecule has 2 aliphatic heterocycles. The van der Waals surface area contributed by atoms with Crippen LogP contribution in [0.1, 0.15) is 13.8 Å². The minimum Gasteiger partial charge on any atom is -0.378 e. The van der Waals surface area contributed by atoms with Crippen LogP contribution in [0.15, 0.2) is 18.2 Å². The summed E-state index contributed by atoms with van der Waals surface area (Å²) in [6.45, 7) is 7.45. The smallest absolute Gasteiger partial charge is 0.322 e. The number of carbonyl (C=O) groups is 1. The number of carbonyl (C=O) groups excluding carboxylic acids is 1. The Balaban J connectivity index is 1.67. The number of nitrogens with one attached hydrogen (secondary N) is 1. The molecule has 0 aliphatic carbocycles. The zero-order valence-corrected chi connectivity index (χ0v) is 14.1. The van der Waals surface area contributed by atoms with E-state index in [-0.39, 0.29) is 24.1 Å². The third-order valence-electron chi connectivity index (χ3n) is 4.26. The minimum atomic E-state index is -0.337. The number of urea groups is 1. The first-order valence-electron chi connectivity index (χ1n) is 8.36. The third-order valence-corrected chi connectivity index (χ3v) is 4.26. The van der Waals surface area contributed by atoms with Gasteiger partial charge < -0.3 is 24.6 Å². The van der Waals surface area contributed by atoms with Gasteiger partial charge in [-0.15, -0.1) is 0 Å². The summed E-state index contributed by atoms with van der Waals surface area (Å²) in [5.41, 5.74) is 1.00. The second-order valence-corrected chi connectivity index (χ2v) is 6.36. The molecule has 0 spiro atoms. The lowest BCUT2D eigenvalue weighted by Gasteiger charge is -2.37. The van der Waals surface area contributed by atoms with Crippen LogP contribution in [0.25, 0.3) is 0 Å². The maximum Gasteiger partial charge on any atom is 0.322 e. The van der Waals surface area contributed by atoms with E-state index in [4.69, 9.17) is 9.47 Å². The fourth-order valence-electron chi connectivity index (χ4n) is 3.18. The van der Waals surface area contributed by atoms with Gasteiger partial charge in [-0.2, -0.15) is 0 Å². The predicted octanol–water partition coefficient (Wildman–Crippen LogP) is 2.30. The summed E-state index contributed by atoms with van der Waals surface area (Å²) < 4.78 is 25.4. The quantitative estimate of drug-likeness (QED) is 0.900. The third kappa shape index (κ3) is 3.96. The second-order valence-electron chi connectivity index (χ2n) is 6.36. The zero-order chi connectivity index (χ0) is 17.1. The molecule has 24 heavy (non-hydrogen) atoms. The number of amides is 2. The summed E-state index contributed by atoms with van der Waals surface area (Å²) in [5, 5.41) is 2.75. The van der Waals surface area contributed by atoms with Crippen molar-refractivity contribution in [3.05, 3.63) is 24.0 Å². The highest BCUT2D eigenvalue weighted by atomic mass is 19.1. The van der Waals surface area contributed by atoms with Gasteiger partial charge in [0.25, 0.3) is 0 Å². The summed E-state index contributed by atoms with van der Waals surface area (Å²) in [6.07, 6.45) is 0.127.